The second-order valence-corrected chi connectivity index (χ2v) is 5.01. The third-order valence-electron chi connectivity index (χ3n) is 2.88. The van der Waals surface area contributed by atoms with Gasteiger partial charge in [-0.3, -0.25) is 9.69 Å². The van der Waals surface area contributed by atoms with Gasteiger partial charge < -0.3 is 5.11 Å². The summed E-state index contributed by atoms with van der Waals surface area (Å²) in [5.41, 5.74) is 0. The number of likely N-dealkylation sites (tertiary alicyclic amines) is 1. The van der Waals surface area contributed by atoms with Crippen molar-refractivity contribution in [1.82, 2.24) is 4.90 Å². The highest BCUT2D eigenvalue weighted by Gasteiger charge is 2.32. The van der Waals surface area contributed by atoms with Gasteiger partial charge in [0.1, 0.15) is 0 Å². The van der Waals surface area contributed by atoms with E-state index in [0.717, 1.165) is 25.4 Å². The molecule has 0 bridgehead atoms. The maximum absolute atomic E-state index is 10.5. The molecule has 3 nitrogen and oxygen atoms in total. The minimum Gasteiger partial charge on any atom is -0.481 e. The van der Waals surface area contributed by atoms with E-state index in [-0.39, 0.29) is 0 Å². The van der Waals surface area contributed by atoms with Crippen molar-refractivity contribution in [2.24, 2.45) is 5.92 Å². The van der Waals surface area contributed by atoms with Crippen molar-refractivity contribution in [3.63, 3.8) is 0 Å². The molecule has 2 fully saturated rings. The number of carbonyl (C=O) groups is 1. The highest BCUT2D eigenvalue weighted by Crippen LogP contribution is 2.29. The average Bonchev–Trinajstić information content (AvgIpc) is 1.95. The van der Waals surface area contributed by atoms with Gasteiger partial charge in [-0.2, -0.15) is 11.8 Å². The Kier molecular flexibility index (Phi) is 2.79. The van der Waals surface area contributed by atoms with E-state index < -0.39 is 5.97 Å². The van der Waals surface area contributed by atoms with Crippen LogP contribution in [0.4, 0.5) is 0 Å². The lowest BCUT2D eigenvalue weighted by molar-refractivity contribution is -0.139. The van der Waals surface area contributed by atoms with Crippen molar-refractivity contribution in [3.8, 4) is 0 Å². The maximum Gasteiger partial charge on any atom is 0.304 e. The van der Waals surface area contributed by atoms with E-state index in [2.05, 4.69) is 4.90 Å². The van der Waals surface area contributed by atoms with Gasteiger partial charge in [-0.1, -0.05) is 0 Å². The van der Waals surface area contributed by atoms with Crippen LogP contribution >= 0.6 is 11.8 Å². The molecule has 0 saturated carbocycles. The molecule has 1 N–H and O–H groups in total. The Morgan fingerprint density at radius 2 is 2.31 bits per heavy atom. The molecular formula is C9H15NO2S. The van der Waals surface area contributed by atoms with Crippen LogP contribution in [0, 0.1) is 5.92 Å². The standard InChI is InChI=1S/C9H15NO2S/c11-9(12)3-8-1-2-10(8)4-7-5-13-6-7/h7-8H,1-6H2,(H,11,12). The Morgan fingerprint density at radius 1 is 1.54 bits per heavy atom. The molecule has 2 rings (SSSR count). The van der Waals surface area contributed by atoms with Crippen LogP contribution < -0.4 is 0 Å². The van der Waals surface area contributed by atoms with E-state index in [1.807, 2.05) is 11.8 Å². The Hall–Kier alpha value is -0.220. The monoisotopic (exact) mass is 201 g/mol. The molecule has 1 atom stereocenters. The van der Waals surface area contributed by atoms with Gasteiger partial charge in [-0.05, 0) is 30.4 Å². The van der Waals surface area contributed by atoms with Crippen LogP contribution in [0.15, 0.2) is 0 Å². The van der Waals surface area contributed by atoms with E-state index in [0.29, 0.717) is 12.5 Å². The topological polar surface area (TPSA) is 40.5 Å². The molecule has 0 amide bonds. The third kappa shape index (κ3) is 2.17. The summed E-state index contributed by atoms with van der Waals surface area (Å²) in [4.78, 5) is 12.8. The van der Waals surface area contributed by atoms with Gasteiger partial charge in [0, 0.05) is 12.6 Å². The lowest BCUT2D eigenvalue weighted by Crippen LogP contribution is -2.52. The van der Waals surface area contributed by atoms with E-state index >= 15 is 0 Å². The molecule has 2 saturated heterocycles. The summed E-state index contributed by atoms with van der Waals surface area (Å²) in [5.74, 6) is 2.73. The van der Waals surface area contributed by atoms with E-state index in [4.69, 9.17) is 5.11 Å². The van der Waals surface area contributed by atoms with Crippen LogP contribution in [-0.4, -0.2) is 46.6 Å². The first kappa shape index (κ1) is 9.34. The van der Waals surface area contributed by atoms with Crippen LogP contribution in [0.25, 0.3) is 0 Å². The quantitative estimate of drug-likeness (QED) is 0.733. The predicted octanol–water partition coefficient (Wildman–Crippen LogP) is 0.898. The Bertz CT molecular complexity index is 206. The van der Waals surface area contributed by atoms with Crippen molar-refractivity contribution < 1.29 is 9.90 Å². The molecule has 0 aromatic heterocycles. The summed E-state index contributed by atoms with van der Waals surface area (Å²) in [5, 5.41) is 8.64. The zero-order valence-electron chi connectivity index (χ0n) is 7.61. The molecule has 0 aromatic rings. The molecular weight excluding hydrogens is 186 g/mol. The van der Waals surface area contributed by atoms with Gasteiger partial charge in [-0.15, -0.1) is 0 Å². The second kappa shape index (κ2) is 3.88. The van der Waals surface area contributed by atoms with Crippen LogP contribution in [-0.2, 0) is 4.79 Å². The van der Waals surface area contributed by atoms with E-state index in [1.54, 1.807) is 0 Å². The van der Waals surface area contributed by atoms with Crippen molar-refractivity contribution in [3.05, 3.63) is 0 Å². The fraction of sp³-hybridized carbons (Fsp3) is 0.889. The number of rotatable bonds is 4. The Labute approximate surface area is 82.5 Å². The Balaban J connectivity index is 1.70. The lowest BCUT2D eigenvalue weighted by atomic mass is 9.98. The fourth-order valence-electron chi connectivity index (χ4n) is 1.89. The van der Waals surface area contributed by atoms with E-state index in [1.165, 1.54) is 11.5 Å². The van der Waals surface area contributed by atoms with Crippen LogP contribution in [0.1, 0.15) is 12.8 Å². The third-order valence-corrected chi connectivity index (χ3v) is 4.29. The number of nitrogens with zero attached hydrogens (tertiary/aromatic N) is 1. The Morgan fingerprint density at radius 3 is 2.69 bits per heavy atom. The number of carboxylic acid groups (broad SMARTS) is 1. The molecule has 4 heteroatoms. The summed E-state index contributed by atoms with van der Waals surface area (Å²) in [6, 6.07) is 0.336. The zero-order chi connectivity index (χ0) is 9.26. The first-order chi connectivity index (χ1) is 6.25. The smallest absolute Gasteiger partial charge is 0.304 e. The van der Waals surface area contributed by atoms with Gasteiger partial charge >= 0.3 is 5.97 Å². The maximum atomic E-state index is 10.5. The lowest BCUT2D eigenvalue weighted by Gasteiger charge is -2.43. The van der Waals surface area contributed by atoms with Gasteiger partial charge in [-0.25, -0.2) is 0 Å². The summed E-state index contributed by atoms with van der Waals surface area (Å²) >= 11 is 1.99. The predicted molar refractivity (Wildman–Crippen MR) is 53.0 cm³/mol. The first-order valence-electron chi connectivity index (χ1n) is 4.79. The van der Waals surface area contributed by atoms with E-state index in [9.17, 15) is 4.79 Å². The summed E-state index contributed by atoms with van der Waals surface area (Å²) in [7, 11) is 0. The normalized spacial score (nSPS) is 29.4. The number of carboxylic acids is 1. The number of hydrogen-bond donors (Lipinski definition) is 1. The number of aliphatic carboxylic acids is 1. The largest absolute Gasteiger partial charge is 0.481 e. The van der Waals surface area contributed by atoms with Gasteiger partial charge in [0.2, 0.25) is 0 Å². The van der Waals surface area contributed by atoms with Gasteiger partial charge in [0.05, 0.1) is 6.42 Å². The van der Waals surface area contributed by atoms with Crippen molar-refractivity contribution in [2.45, 2.75) is 18.9 Å². The number of hydrogen-bond acceptors (Lipinski definition) is 3. The number of thioether (sulfide) groups is 1. The van der Waals surface area contributed by atoms with Crippen molar-refractivity contribution in [1.29, 1.82) is 0 Å². The molecule has 2 aliphatic heterocycles. The molecule has 74 valence electrons. The van der Waals surface area contributed by atoms with Crippen LogP contribution in [0.3, 0.4) is 0 Å². The molecule has 0 radical (unpaired) electrons. The summed E-state index contributed by atoms with van der Waals surface area (Å²) in [6.07, 6.45) is 1.41. The van der Waals surface area contributed by atoms with Crippen molar-refractivity contribution in [2.75, 3.05) is 24.6 Å². The molecule has 0 aliphatic carbocycles. The minimum absolute atomic E-state index is 0.333. The zero-order valence-corrected chi connectivity index (χ0v) is 8.42. The molecule has 2 aliphatic rings. The van der Waals surface area contributed by atoms with Gasteiger partial charge in [0.15, 0.2) is 0 Å². The first-order valence-corrected chi connectivity index (χ1v) is 5.95. The molecule has 13 heavy (non-hydrogen) atoms. The summed E-state index contributed by atoms with van der Waals surface area (Å²) < 4.78 is 0. The SMILES string of the molecule is O=C(O)CC1CCN1CC1CSC1. The average molecular weight is 201 g/mol. The highest BCUT2D eigenvalue weighted by molar-refractivity contribution is 8.00. The van der Waals surface area contributed by atoms with Crippen LogP contribution in [0.2, 0.25) is 0 Å². The van der Waals surface area contributed by atoms with Crippen molar-refractivity contribution >= 4 is 17.7 Å². The molecule has 0 spiro atoms. The fourth-order valence-corrected chi connectivity index (χ4v) is 2.67. The second-order valence-electron chi connectivity index (χ2n) is 3.94. The summed E-state index contributed by atoms with van der Waals surface area (Å²) in [6.45, 7) is 2.24. The van der Waals surface area contributed by atoms with Gasteiger partial charge in [0.25, 0.3) is 0 Å². The molecule has 1 unspecified atom stereocenters. The molecule has 0 aromatic carbocycles. The minimum atomic E-state index is -0.655. The molecule has 2 heterocycles. The highest BCUT2D eigenvalue weighted by atomic mass is 32.2. The van der Waals surface area contributed by atoms with Crippen LogP contribution in [0.5, 0.6) is 0 Å².